The summed E-state index contributed by atoms with van der Waals surface area (Å²) in [4.78, 5) is 0. The Morgan fingerprint density at radius 2 is 2.08 bits per heavy atom. The van der Waals surface area contributed by atoms with Crippen LogP contribution in [0.15, 0.2) is 35.5 Å². The van der Waals surface area contributed by atoms with Gasteiger partial charge in [0, 0.05) is 6.04 Å². The monoisotopic (exact) mass is 171 g/mol. The van der Waals surface area contributed by atoms with Crippen molar-refractivity contribution >= 4 is 0 Å². The fraction of sp³-hybridized carbons (Fsp3) is 0.333. The van der Waals surface area contributed by atoms with Gasteiger partial charge in [0.25, 0.3) is 0 Å². The maximum absolute atomic E-state index is 12.8. The van der Waals surface area contributed by atoms with E-state index in [4.69, 9.17) is 5.73 Å². The SMILES string of the molecule is CC(N)C1=CC(F)=C(F)C=CC1. The van der Waals surface area contributed by atoms with Gasteiger partial charge in [-0.25, -0.2) is 8.78 Å². The molecular formula is C9H11F2N. The van der Waals surface area contributed by atoms with Crippen LogP contribution >= 0.6 is 0 Å². The number of hydrogen-bond donors (Lipinski definition) is 1. The van der Waals surface area contributed by atoms with Crippen LogP contribution in [0, 0.1) is 0 Å². The van der Waals surface area contributed by atoms with Gasteiger partial charge >= 0.3 is 0 Å². The molecule has 1 atom stereocenters. The zero-order chi connectivity index (χ0) is 9.14. The summed E-state index contributed by atoms with van der Waals surface area (Å²) in [7, 11) is 0. The van der Waals surface area contributed by atoms with Gasteiger partial charge in [0.1, 0.15) is 0 Å². The molecule has 0 fully saturated rings. The average Bonchev–Trinajstić information content (AvgIpc) is 2.15. The van der Waals surface area contributed by atoms with Gasteiger partial charge in [0.05, 0.1) is 0 Å². The lowest BCUT2D eigenvalue weighted by Gasteiger charge is -2.06. The maximum atomic E-state index is 12.8. The average molecular weight is 171 g/mol. The minimum atomic E-state index is -0.837. The highest BCUT2D eigenvalue weighted by molar-refractivity contribution is 5.33. The first kappa shape index (κ1) is 9.13. The molecule has 0 aromatic rings. The van der Waals surface area contributed by atoms with E-state index in [1.807, 2.05) is 0 Å². The molecule has 0 spiro atoms. The van der Waals surface area contributed by atoms with Gasteiger partial charge in [-0.1, -0.05) is 6.08 Å². The van der Waals surface area contributed by atoms with Crippen LogP contribution in [0.25, 0.3) is 0 Å². The topological polar surface area (TPSA) is 26.0 Å². The lowest BCUT2D eigenvalue weighted by molar-refractivity contribution is 0.572. The minimum Gasteiger partial charge on any atom is -0.324 e. The first-order valence-corrected chi connectivity index (χ1v) is 3.79. The lowest BCUT2D eigenvalue weighted by atomic mass is 10.1. The van der Waals surface area contributed by atoms with E-state index in [1.54, 1.807) is 13.0 Å². The van der Waals surface area contributed by atoms with Gasteiger partial charge in [-0.15, -0.1) is 0 Å². The van der Waals surface area contributed by atoms with E-state index in [-0.39, 0.29) is 6.04 Å². The van der Waals surface area contributed by atoms with E-state index in [1.165, 1.54) is 6.08 Å². The summed E-state index contributed by atoms with van der Waals surface area (Å²) >= 11 is 0. The molecule has 0 aliphatic heterocycles. The van der Waals surface area contributed by atoms with Crippen LogP contribution < -0.4 is 5.73 Å². The van der Waals surface area contributed by atoms with Crippen molar-refractivity contribution in [3.63, 3.8) is 0 Å². The molecule has 12 heavy (non-hydrogen) atoms. The van der Waals surface area contributed by atoms with Crippen molar-refractivity contribution in [2.24, 2.45) is 5.73 Å². The van der Waals surface area contributed by atoms with E-state index < -0.39 is 11.7 Å². The molecule has 2 N–H and O–H groups in total. The lowest BCUT2D eigenvalue weighted by Crippen LogP contribution is -2.17. The van der Waals surface area contributed by atoms with E-state index >= 15 is 0 Å². The fourth-order valence-electron chi connectivity index (χ4n) is 0.986. The Morgan fingerprint density at radius 1 is 1.42 bits per heavy atom. The summed E-state index contributed by atoms with van der Waals surface area (Å²) < 4.78 is 25.4. The Hall–Kier alpha value is -0.960. The number of halogens is 2. The molecule has 0 aromatic heterocycles. The molecule has 3 heteroatoms. The van der Waals surface area contributed by atoms with Crippen molar-refractivity contribution in [3.8, 4) is 0 Å². The second kappa shape index (κ2) is 3.63. The Balaban J connectivity index is 2.95. The fourth-order valence-corrected chi connectivity index (χ4v) is 0.986. The summed E-state index contributed by atoms with van der Waals surface area (Å²) in [6.45, 7) is 1.75. The number of rotatable bonds is 1. The molecule has 0 heterocycles. The molecule has 1 rings (SSSR count). The number of nitrogens with two attached hydrogens (primary N) is 1. The van der Waals surface area contributed by atoms with Gasteiger partial charge in [-0.2, -0.15) is 0 Å². The molecule has 1 nitrogen and oxygen atoms in total. The molecule has 0 amide bonds. The molecule has 0 saturated carbocycles. The molecule has 66 valence electrons. The first-order chi connectivity index (χ1) is 5.61. The molecule has 0 bridgehead atoms. The Morgan fingerprint density at radius 3 is 2.67 bits per heavy atom. The van der Waals surface area contributed by atoms with E-state index in [0.717, 1.165) is 6.08 Å². The first-order valence-electron chi connectivity index (χ1n) is 3.79. The predicted octanol–water partition coefficient (Wildman–Crippen LogP) is 2.37. The van der Waals surface area contributed by atoms with E-state index in [0.29, 0.717) is 12.0 Å². The van der Waals surface area contributed by atoms with Crippen LogP contribution in [0.2, 0.25) is 0 Å². The van der Waals surface area contributed by atoms with Crippen molar-refractivity contribution in [1.29, 1.82) is 0 Å². The van der Waals surface area contributed by atoms with Gasteiger partial charge < -0.3 is 5.73 Å². The molecule has 1 aliphatic carbocycles. The Bertz CT molecular complexity index is 262. The molecule has 1 aliphatic rings. The second-order valence-corrected chi connectivity index (χ2v) is 2.81. The Labute approximate surface area is 70.3 Å². The number of hydrogen-bond acceptors (Lipinski definition) is 1. The third-order valence-electron chi connectivity index (χ3n) is 1.74. The summed E-state index contributed by atoms with van der Waals surface area (Å²) in [5.41, 5.74) is 6.24. The van der Waals surface area contributed by atoms with Crippen molar-refractivity contribution in [3.05, 3.63) is 35.5 Å². The van der Waals surface area contributed by atoms with E-state index in [9.17, 15) is 8.78 Å². The molecule has 0 saturated heterocycles. The van der Waals surface area contributed by atoms with Crippen LogP contribution in [-0.4, -0.2) is 6.04 Å². The van der Waals surface area contributed by atoms with Crippen molar-refractivity contribution in [2.45, 2.75) is 19.4 Å². The summed E-state index contributed by atoms with van der Waals surface area (Å²) in [6.07, 6.45) is 4.37. The van der Waals surface area contributed by atoms with Crippen LogP contribution in [0.3, 0.4) is 0 Å². The van der Waals surface area contributed by atoms with Crippen molar-refractivity contribution in [2.75, 3.05) is 0 Å². The Kier molecular flexibility index (Phi) is 2.76. The third kappa shape index (κ3) is 2.01. The highest BCUT2D eigenvalue weighted by Crippen LogP contribution is 2.20. The standard InChI is InChI=1S/C9H11F2N/c1-6(12)7-3-2-4-8(10)9(11)5-7/h2,4-6H,3,12H2,1H3. The smallest absolute Gasteiger partial charge is 0.158 e. The van der Waals surface area contributed by atoms with E-state index in [2.05, 4.69) is 0 Å². The normalized spacial score (nSPS) is 20.5. The highest BCUT2D eigenvalue weighted by Gasteiger charge is 2.09. The minimum absolute atomic E-state index is 0.230. The molecule has 0 aromatic carbocycles. The molecular weight excluding hydrogens is 160 g/mol. The van der Waals surface area contributed by atoms with Gasteiger partial charge in [0.2, 0.25) is 0 Å². The second-order valence-electron chi connectivity index (χ2n) is 2.81. The van der Waals surface area contributed by atoms with Gasteiger partial charge in [0.15, 0.2) is 11.7 Å². The number of allylic oxidation sites excluding steroid dienone is 5. The van der Waals surface area contributed by atoms with Crippen molar-refractivity contribution < 1.29 is 8.78 Å². The van der Waals surface area contributed by atoms with Crippen LogP contribution in [0.5, 0.6) is 0 Å². The zero-order valence-electron chi connectivity index (χ0n) is 6.85. The largest absolute Gasteiger partial charge is 0.324 e. The maximum Gasteiger partial charge on any atom is 0.158 e. The highest BCUT2D eigenvalue weighted by atomic mass is 19.2. The predicted molar refractivity (Wildman–Crippen MR) is 44.7 cm³/mol. The molecule has 0 radical (unpaired) electrons. The summed E-state index contributed by atoms with van der Waals surface area (Å²) in [6, 6.07) is -0.230. The summed E-state index contributed by atoms with van der Waals surface area (Å²) in [5.74, 6) is -1.67. The van der Waals surface area contributed by atoms with Crippen molar-refractivity contribution in [1.82, 2.24) is 0 Å². The quantitative estimate of drug-likeness (QED) is 0.644. The van der Waals surface area contributed by atoms with Crippen LogP contribution in [0.4, 0.5) is 8.78 Å². The van der Waals surface area contributed by atoms with Gasteiger partial charge in [-0.3, -0.25) is 0 Å². The van der Waals surface area contributed by atoms with Crippen LogP contribution in [-0.2, 0) is 0 Å². The summed E-state index contributed by atoms with van der Waals surface area (Å²) in [5, 5.41) is 0. The molecule has 1 unspecified atom stereocenters. The van der Waals surface area contributed by atoms with Gasteiger partial charge in [-0.05, 0) is 31.1 Å². The zero-order valence-corrected chi connectivity index (χ0v) is 6.85. The van der Waals surface area contributed by atoms with Crippen LogP contribution in [0.1, 0.15) is 13.3 Å². The third-order valence-corrected chi connectivity index (χ3v) is 1.74.